The Morgan fingerprint density at radius 1 is 0.909 bits per heavy atom. The van der Waals surface area contributed by atoms with E-state index in [4.69, 9.17) is 5.73 Å². The maximum Gasteiger partial charge on any atom is 0.00954 e. The summed E-state index contributed by atoms with van der Waals surface area (Å²) in [4.78, 5) is 0. The molecule has 1 aliphatic rings. The van der Waals surface area contributed by atoms with Gasteiger partial charge in [0.05, 0.1) is 0 Å². The SMILES string of the molecule is CC1CC(C)C(C)C(N)C1C. The predicted molar refractivity (Wildman–Crippen MR) is 49.2 cm³/mol. The van der Waals surface area contributed by atoms with Crippen LogP contribution >= 0.6 is 0 Å². The van der Waals surface area contributed by atoms with E-state index in [-0.39, 0.29) is 0 Å². The second-order valence-electron chi connectivity index (χ2n) is 4.49. The second kappa shape index (κ2) is 3.14. The van der Waals surface area contributed by atoms with Crippen molar-refractivity contribution in [3.05, 3.63) is 0 Å². The molecule has 0 aromatic heterocycles. The first-order valence-electron chi connectivity index (χ1n) is 4.79. The molecule has 66 valence electrons. The fraction of sp³-hybridized carbons (Fsp3) is 1.00. The molecule has 1 heteroatoms. The van der Waals surface area contributed by atoms with Crippen LogP contribution in [0.5, 0.6) is 0 Å². The van der Waals surface area contributed by atoms with E-state index in [1.54, 1.807) is 0 Å². The minimum absolute atomic E-state index is 0.425. The van der Waals surface area contributed by atoms with Crippen LogP contribution in [0.15, 0.2) is 0 Å². The molecule has 4 unspecified atom stereocenters. The van der Waals surface area contributed by atoms with Gasteiger partial charge in [0.25, 0.3) is 0 Å². The highest BCUT2D eigenvalue weighted by molar-refractivity contribution is 4.87. The van der Waals surface area contributed by atoms with E-state index in [9.17, 15) is 0 Å². The van der Waals surface area contributed by atoms with Gasteiger partial charge in [-0.25, -0.2) is 0 Å². The summed E-state index contributed by atoms with van der Waals surface area (Å²) in [5.74, 6) is 3.05. The Bertz CT molecular complexity index is 119. The van der Waals surface area contributed by atoms with E-state index in [1.165, 1.54) is 6.42 Å². The zero-order valence-electron chi connectivity index (χ0n) is 8.17. The largest absolute Gasteiger partial charge is 0.327 e. The molecule has 0 bridgehead atoms. The van der Waals surface area contributed by atoms with Crippen molar-refractivity contribution in [1.82, 2.24) is 0 Å². The van der Waals surface area contributed by atoms with E-state index >= 15 is 0 Å². The van der Waals surface area contributed by atoms with Crippen LogP contribution in [0.1, 0.15) is 34.1 Å². The van der Waals surface area contributed by atoms with E-state index in [0.717, 1.165) is 11.8 Å². The van der Waals surface area contributed by atoms with Crippen molar-refractivity contribution in [2.75, 3.05) is 0 Å². The highest BCUT2D eigenvalue weighted by Gasteiger charge is 2.33. The summed E-state index contributed by atoms with van der Waals surface area (Å²) in [6.07, 6.45) is 1.36. The number of nitrogens with two attached hydrogens (primary N) is 1. The van der Waals surface area contributed by atoms with E-state index in [2.05, 4.69) is 27.7 Å². The average Bonchev–Trinajstić information content (AvgIpc) is 1.97. The van der Waals surface area contributed by atoms with Crippen molar-refractivity contribution in [3.63, 3.8) is 0 Å². The van der Waals surface area contributed by atoms with Gasteiger partial charge in [-0.2, -0.15) is 0 Å². The van der Waals surface area contributed by atoms with Gasteiger partial charge in [0.2, 0.25) is 0 Å². The third-order valence-electron chi connectivity index (χ3n) is 3.75. The predicted octanol–water partition coefficient (Wildman–Crippen LogP) is 2.26. The highest BCUT2D eigenvalue weighted by Crippen LogP contribution is 2.36. The van der Waals surface area contributed by atoms with Crippen LogP contribution in [0.2, 0.25) is 0 Å². The van der Waals surface area contributed by atoms with Gasteiger partial charge in [-0.15, -0.1) is 0 Å². The molecule has 0 radical (unpaired) electrons. The normalized spacial score (nSPS) is 52.6. The van der Waals surface area contributed by atoms with Crippen molar-refractivity contribution in [2.45, 2.75) is 40.2 Å². The zero-order chi connectivity index (χ0) is 8.59. The molecule has 1 saturated carbocycles. The summed E-state index contributed by atoms with van der Waals surface area (Å²) in [5, 5.41) is 0. The van der Waals surface area contributed by atoms with Crippen LogP contribution in [0.3, 0.4) is 0 Å². The smallest absolute Gasteiger partial charge is 0.00954 e. The lowest BCUT2D eigenvalue weighted by Crippen LogP contribution is -2.45. The van der Waals surface area contributed by atoms with Crippen molar-refractivity contribution in [2.24, 2.45) is 29.4 Å². The Labute approximate surface area is 70.4 Å². The Balaban J connectivity index is 2.63. The number of rotatable bonds is 0. The maximum absolute atomic E-state index is 6.10. The summed E-state index contributed by atoms with van der Waals surface area (Å²) in [6, 6.07) is 0.425. The first-order valence-corrected chi connectivity index (χ1v) is 4.79. The van der Waals surface area contributed by atoms with Gasteiger partial charge < -0.3 is 5.73 Å². The van der Waals surface area contributed by atoms with Crippen molar-refractivity contribution >= 4 is 0 Å². The minimum Gasteiger partial charge on any atom is -0.327 e. The van der Waals surface area contributed by atoms with E-state index in [0.29, 0.717) is 17.9 Å². The Hall–Kier alpha value is -0.0400. The van der Waals surface area contributed by atoms with Crippen molar-refractivity contribution < 1.29 is 0 Å². The molecule has 4 atom stereocenters. The van der Waals surface area contributed by atoms with Gasteiger partial charge in [0.15, 0.2) is 0 Å². The van der Waals surface area contributed by atoms with Gasteiger partial charge in [-0.1, -0.05) is 27.7 Å². The quantitative estimate of drug-likeness (QED) is 0.570. The number of hydrogen-bond acceptors (Lipinski definition) is 1. The highest BCUT2D eigenvalue weighted by atomic mass is 14.7. The number of hydrogen-bond donors (Lipinski definition) is 1. The van der Waals surface area contributed by atoms with Gasteiger partial charge in [-0.3, -0.25) is 0 Å². The van der Waals surface area contributed by atoms with Crippen LogP contribution in [0.25, 0.3) is 0 Å². The van der Waals surface area contributed by atoms with Crippen LogP contribution in [-0.2, 0) is 0 Å². The summed E-state index contributed by atoms with van der Waals surface area (Å²) in [5.41, 5.74) is 6.10. The van der Waals surface area contributed by atoms with Crippen molar-refractivity contribution in [3.8, 4) is 0 Å². The molecule has 11 heavy (non-hydrogen) atoms. The Kier molecular flexibility index (Phi) is 2.58. The van der Waals surface area contributed by atoms with Crippen molar-refractivity contribution in [1.29, 1.82) is 0 Å². The topological polar surface area (TPSA) is 26.0 Å². The maximum atomic E-state index is 6.10. The molecule has 0 heterocycles. The molecule has 1 aliphatic carbocycles. The standard InChI is InChI=1S/C10H21N/c1-6-5-7(2)9(4)10(11)8(6)3/h6-10H,5,11H2,1-4H3. The Morgan fingerprint density at radius 3 is 1.64 bits per heavy atom. The monoisotopic (exact) mass is 155 g/mol. The lowest BCUT2D eigenvalue weighted by molar-refractivity contribution is 0.125. The van der Waals surface area contributed by atoms with Crippen LogP contribution in [-0.4, -0.2) is 6.04 Å². The fourth-order valence-electron chi connectivity index (χ4n) is 2.25. The van der Waals surface area contributed by atoms with Crippen LogP contribution < -0.4 is 5.73 Å². The molecule has 0 saturated heterocycles. The first-order chi connectivity index (χ1) is 5.04. The van der Waals surface area contributed by atoms with E-state index in [1.807, 2.05) is 0 Å². The third-order valence-corrected chi connectivity index (χ3v) is 3.75. The molecular formula is C10H21N. The molecule has 0 spiro atoms. The molecule has 2 N–H and O–H groups in total. The molecule has 1 fully saturated rings. The fourth-order valence-corrected chi connectivity index (χ4v) is 2.25. The van der Waals surface area contributed by atoms with Gasteiger partial charge in [-0.05, 0) is 30.1 Å². The van der Waals surface area contributed by atoms with Gasteiger partial charge >= 0.3 is 0 Å². The second-order valence-corrected chi connectivity index (χ2v) is 4.49. The first kappa shape index (κ1) is 9.05. The van der Waals surface area contributed by atoms with Crippen LogP contribution in [0.4, 0.5) is 0 Å². The minimum atomic E-state index is 0.425. The summed E-state index contributed by atoms with van der Waals surface area (Å²) in [6.45, 7) is 9.23. The molecule has 0 aromatic rings. The zero-order valence-corrected chi connectivity index (χ0v) is 8.17. The third kappa shape index (κ3) is 1.58. The molecule has 1 rings (SSSR count). The van der Waals surface area contributed by atoms with E-state index < -0.39 is 0 Å². The van der Waals surface area contributed by atoms with Gasteiger partial charge in [0, 0.05) is 6.04 Å². The molecule has 0 aliphatic heterocycles. The summed E-state index contributed by atoms with van der Waals surface area (Å²) < 4.78 is 0. The average molecular weight is 155 g/mol. The Morgan fingerprint density at radius 2 is 1.27 bits per heavy atom. The molecular weight excluding hydrogens is 134 g/mol. The molecule has 0 aromatic carbocycles. The summed E-state index contributed by atoms with van der Waals surface area (Å²) >= 11 is 0. The van der Waals surface area contributed by atoms with Crippen LogP contribution in [0, 0.1) is 23.7 Å². The van der Waals surface area contributed by atoms with Gasteiger partial charge in [0.1, 0.15) is 0 Å². The summed E-state index contributed by atoms with van der Waals surface area (Å²) in [7, 11) is 0. The lowest BCUT2D eigenvalue weighted by atomic mass is 9.68. The molecule has 1 nitrogen and oxygen atoms in total. The lowest BCUT2D eigenvalue weighted by Gasteiger charge is -2.40. The molecule has 0 amide bonds.